The van der Waals surface area contributed by atoms with Crippen molar-refractivity contribution in [3.8, 4) is 11.3 Å². The van der Waals surface area contributed by atoms with E-state index in [0.717, 1.165) is 17.8 Å². The molecule has 7 nitrogen and oxygen atoms in total. The Morgan fingerprint density at radius 3 is 2.51 bits per heavy atom. The Balaban J connectivity index is 1.49. The number of benzene rings is 2. The molecule has 1 amide bonds. The average molecular weight is 557 g/mol. The SMILES string of the molecule is CC(C)c1ccc(-c2cc(C(F)(F)F)n3ncc(C(=O)Nc4nn(Cc5cccc(F)c5)cc4Cl)c3n2)cc1. The summed E-state index contributed by atoms with van der Waals surface area (Å²) >= 11 is 6.23. The summed E-state index contributed by atoms with van der Waals surface area (Å²) in [4.78, 5) is 17.5. The lowest BCUT2D eigenvalue weighted by Crippen LogP contribution is -2.16. The zero-order valence-corrected chi connectivity index (χ0v) is 21.4. The van der Waals surface area contributed by atoms with Crippen molar-refractivity contribution in [2.45, 2.75) is 32.5 Å². The Hall–Kier alpha value is -4.25. The van der Waals surface area contributed by atoms with Crippen molar-refractivity contribution < 1.29 is 22.4 Å². The first-order chi connectivity index (χ1) is 18.5. The standard InChI is InChI=1S/C27H21ClF4N6O/c1-15(2)17-6-8-18(9-7-17)22-11-23(27(30,31)32)38-25(34-22)20(12-33-38)26(39)35-24-21(28)14-37(36-24)13-16-4-3-5-19(29)10-16/h3-12,14-15H,13H2,1-2H3,(H,35,36,39). The Labute approximate surface area is 225 Å². The Bertz CT molecular complexity index is 1670. The van der Waals surface area contributed by atoms with E-state index in [4.69, 9.17) is 11.6 Å². The first-order valence-corrected chi connectivity index (χ1v) is 12.2. The summed E-state index contributed by atoms with van der Waals surface area (Å²) in [5.74, 6) is -0.979. The van der Waals surface area contributed by atoms with Crippen molar-refractivity contribution in [1.82, 2.24) is 24.4 Å². The molecule has 0 fully saturated rings. The molecule has 1 N–H and O–H groups in total. The van der Waals surface area contributed by atoms with Crippen LogP contribution in [0.25, 0.3) is 16.9 Å². The van der Waals surface area contributed by atoms with E-state index < -0.39 is 23.6 Å². The molecule has 0 aliphatic heterocycles. The fourth-order valence-electron chi connectivity index (χ4n) is 4.07. The van der Waals surface area contributed by atoms with Gasteiger partial charge < -0.3 is 5.32 Å². The van der Waals surface area contributed by atoms with Gasteiger partial charge in [0.25, 0.3) is 5.91 Å². The first kappa shape index (κ1) is 26.4. The summed E-state index contributed by atoms with van der Waals surface area (Å²) in [6, 6.07) is 13.8. The number of amides is 1. The monoisotopic (exact) mass is 556 g/mol. The van der Waals surface area contributed by atoms with Crippen LogP contribution in [0.2, 0.25) is 5.02 Å². The molecule has 0 saturated heterocycles. The van der Waals surface area contributed by atoms with Gasteiger partial charge in [0.1, 0.15) is 16.4 Å². The highest BCUT2D eigenvalue weighted by Crippen LogP contribution is 2.33. The molecule has 0 aliphatic rings. The van der Waals surface area contributed by atoms with Crippen molar-refractivity contribution in [2.24, 2.45) is 0 Å². The highest BCUT2D eigenvalue weighted by Gasteiger charge is 2.36. The van der Waals surface area contributed by atoms with Crippen LogP contribution in [0.15, 0.2) is 67.0 Å². The molecule has 3 aromatic heterocycles. The zero-order chi connectivity index (χ0) is 27.9. The number of halogens is 5. The van der Waals surface area contributed by atoms with Crippen molar-refractivity contribution in [1.29, 1.82) is 0 Å². The summed E-state index contributed by atoms with van der Waals surface area (Å²) in [6.07, 6.45) is -2.31. The second-order valence-corrected chi connectivity index (χ2v) is 9.61. The highest BCUT2D eigenvalue weighted by atomic mass is 35.5. The number of hydrogen-bond acceptors (Lipinski definition) is 4. The third kappa shape index (κ3) is 5.49. The minimum absolute atomic E-state index is 0.0195. The average Bonchev–Trinajstić information content (AvgIpc) is 3.45. The normalized spacial score (nSPS) is 11.9. The predicted octanol–water partition coefficient (Wildman–Crippen LogP) is 6.83. The van der Waals surface area contributed by atoms with Crippen molar-refractivity contribution in [3.63, 3.8) is 0 Å². The molecule has 0 saturated carbocycles. The summed E-state index contributed by atoms with van der Waals surface area (Å²) in [5, 5.41) is 10.6. The molecule has 12 heteroatoms. The van der Waals surface area contributed by atoms with Crippen LogP contribution in [-0.2, 0) is 12.7 Å². The molecule has 5 aromatic rings. The molecule has 5 rings (SSSR count). The second kappa shape index (κ2) is 10.1. The van der Waals surface area contributed by atoms with Gasteiger partial charge in [-0.25, -0.2) is 13.9 Å². The minimum atomic E-state index is -4.76. The van der Waals surface area contributed by atoms with Crippen molar-refractivity contribution in [3.05, 3.63) is 100 Å². The van der Waals surface area contributed by atoms with E-state index >= 15 is 0 Å². The lowest BCUT2D eigenvalue weighted by Gasteiger charge is -2.12. The molecule has 3 heterocycles. The lowest BCUT2D eigenvalue weighted by molar-refractivity contribution is -0.142. The quantitative estimate of drug-likeness (QED) is 0.233. The van der Waals surface area contributed by atoms with Crippen LogP contribution in [0.3, 0.4) is 0 Å². The van der Waals surface area contributed by atoms with E-state index in [9.17, 15) is 22.4 Å². The maximum absolute atomic E-state index is 14.0. The summed E-state index contributed by atoms with van der Waals surface area (Å²) < 4.78 is 57.4. The fraction of sp³-hybridized carbons (Fsp3) is 0.185. The van der Waals surface area contributed by atoms with Crippen LogP contribution in [0.1, 0.15) is 46.9 Å². The van der Waals surface area contributed by atoms with Gasteiger partial charge in [0, 0.05) is 11.8 Å². The van der Waals surface area contributed by atoms with Gasteiger partial charge in [0.2, 0.25) is 0 Å². The summed E-state index contributed by atoms with van der Waals surface area (Å²) in [7, 11) is 0. The highest BCUT2D eigenvalue weighted by molar-refractivity contribution is 6.33. The first-order valence-electron chi connectivity index (χ1n) is 11.8. The van der Waals surface area contributed by atoms with E-state index in [0.29, 0.717) is 15.6 Å². The molecule has 2 aromatic carbocycles. The minimum Gasteiger partial charge on any atom is -0.304 e. The van der Waals surface area contributed by atoms with Gasteiger partial charge in [0.15, 0.2) is 17.2 Å². The summed E-state index contributed by atoms with van der Waals surface area (Å²) in [6.45, 7) is 4.20. The number of nitrogens with one attached hydrogen (secondary N) is 1. The van der Waals surface area contributed by atoms with E-state index in [-0.39, 0.29) is 40.2 Å². The second-order valence-electron chi connectivity index (χ2n) is 9.20. The van der Waals surface area contributed by atoms with Gasteiger partial charge in [-0.15, -0.1) is 0 Å². The molecule has 0 spiro atoms. The molecule has 39 heavy (non-hydrogen) atoms. The van der Waals surface area contributed by atoms with E-state index in [1.807, 2.05) is 26.0 Å². The van der Waals surface area contributed by atoms with Crippen LogP contribution < -0.4 is 5.32 Å². The van der Waals surface area contributed by atoms with Gasteiger partial charge in [0.05, 0.1) is 18.4 Å². The van der Waals surface area contributed by atoms with Crippen molar-refractivity contribution >= 4 is 29.0 Å². The van der Waals surface area contributed by atoms with E-state index in [1.54, 1.807) is 24.3 Å². The number of nitrogens with zero attached hydrogens (tertiary/aromatic N) is 5. The smallest absolute Gasteiger partial charge is 0.304 e. The van der Waals surface area contributed by atoms with Gasteiger partial charge in [-0.1, -0.05) is 61.8 Å². The topological polar surface area (TPSA) is 77.1 Å². The van der Waals surface area contributed by atoms with Crippen LogP contribution >= 0.6 is 11.6 Å². The van der Waals surface area contributed by atoms with Gasteiger partial charge in [-0.05, 0) is 35.2 Å². The van der Waals surface area contributed by atoms with Crippen molar-refractivity contribution in [2.75, 3.05) is 5.32 Å². The molecular formula is C27H21ClF4N6O. The Kier molecular flexibility index (Phi) is 6.85. The fourth-order valence-corrected chi connectivity index (χ4v) is 4.27. The molecule has 0 atom stereocenters. The maximum Gasteiger partial charge on any atom is 0.433 e. The van der Waals surface area contributed by atoms with Gasteiger partial charge in [-0.3, -0.25) is 9.48 Å². The van der Waals surface area contributed by atoms with Gasteiger partial charge >= 0.3 is 6.18 Å². The molecule has 0 bridgehead atoms. The number of aromatic nitrogens is 5. The number of hydrogen-bond donors (Lipinski definition) is 1. The van der Waals surface area contributed by atoms with E-state index in [1.165, 1.54) is 23.0 Å². The molecule has 0 unspecified atom stereocenters. The van der Waals surface area contributed by atoms with Crippen LogP contribution in [0.4, 0.5) is 23.4 Å². The zero-order valence-electron chi connectivity index (χ0n) is 20.7. The largest absolute Gasteiger partial charge is 0.433 e. The lowest BCUT2D eigenvalue weighted by atomic mass is 10.0. The molecule has 200 valence electrons. The Morgan fingerprint density at radius 2 is 1.85 bits per heavy atom. The maximum atomic E-state index is 14.0. The van der Waals surface area contributed by atoms with Gasteiger partial charge in [-0.2, -0.15) is 23.4 Å². The molecule has 0 radical (unpaired) electrons. The number of rotatable bonds is 6. The number of carbonyl (C=O) groups is 1. The van der Waals surface area contributed by atoms with Crippen LogP contribution in [0, 0.1) is 5.82 Å². The summed E-state index contributed by atoms with van der Waals surface area (Å²) in [5.41, 5.74) is 0.585. The number of carbonyl (C=O) groups excluding carboxylic acids is 1. The number of alkyl halides is 3. The van der Waals surface area contributed by atoms with E-state index in [2.05, 4.69) is 20.5 Å². The van der Waals surface area contributed by atoms with Crippen LogP contribution in [-0.4, -0.2) is 30.3 Å². The number of fused-ring (bicyclic) bond motifs is 1. The molecule has 0 aliphatic carbocycles. The molecular weight excluding hydrogens is 536 g/mol. The van der Waals surface area contributed by atoms with Crippen LogP contribution in [0.5, 0.6) is 0 Å². The number of anilines is 1. The third-order valence-corrected chi connectivity index (χ3v) is 6.34. The predicted molar refractivity (Wildman–Crippen MR) is 138 cm³/mol. The third-order valence-electron chi connectivity index (χ3n) is 6.06. The Morgan fingerprint density at radius 1 is 1.10 bits per heavy atom.